The van der Waals surface area contributed by atoms with E-state index in [1.165, 1.54) is 12.1 Å². The first-order chi connectivity index (χ1) is 15.3. The molecule has 1 unspecified atom stereocenters. The van der Waals surface area contributed by atoms with Gasteiger partial charge in [-0.25, -0.2) is 8.78 Å². The summed E-state index contributed by atoms with van der Waals surface area (Å²) in [6.07, 6.45) is 0. The van der Waals surface area contributed by atoms with Crippen molar-refractivity contribution in [2.45, 2.75) is 13.0 Å². The Balaban J connectivity index is 1.67. The molecule has 0 saturated carbocycles. The smallest absolute Gasteiger partial charge is 0.294 e. The fourth-order valence-corrected chi connectivity index (χ4v) is 3.86. The van der Waals surface area contributed by atoms with Gasteiger partial charge in [-0.15, -0.1) is 0 Å². The summed E-state index contributed by atoms with van der Waals surface area (Å²) in [6, 6.07) is 12.9. The van der Waals surface area contributed by atoms with Crippen LogP contribution in [0.1, 0.15) is 28.1 Å². The first-order valence-corrected chi connectivity index (χ1v) is 9.66. The number of hydrogen-bond acceptors (Lipinski definition) is 5. The molecule has 5 rings (SSSR count). The van der Waals surface area contributed by atoms with Crippen molar-refractivity contribution in [3.8, 4) is 0 Å². The predicted molar refractivity (Wildman–Crippen MR) is 110 cm³/mol. The number of para-hydroxylation sites is 1. The van der Waals surface area contributed by atoms with Crippen LogP contribution in [0.25, 0.3) is 11.0 Å². The average Bonchev–Trinajstić information content (AvgIpc) is 3.45. The summed E-state index contributed by atoms with van der Waals surface area (Å²) in [7, 11) is 0. The number of Topliss-reactive ketones (excluding diaryl/α,β-unsaturated/α-hetero) is 1. The Labute approximate surface area is 180 Å². The second-order valence-electron chi connectivity index (χ2n) is 7.36. The fraction of sp³-hybridized carbons (Fsp3) is 0.0833. The van der Waals surface area contributed by atoms with Crippen LogP contribution in [-0.4, -0.2) is 16.8 Å². The van der Waals surface area contributed by atoms with E-state index in [1.807, 2.05) is 0 Å². The van der Waals surface area contributed by atoms with Gasteiger partial charge in [-0.1, -0.05) is 18.2 Å². The fourth-order valence-electron chi connectivity index (χ4n) is 3.86. The van der Waals surface area contributed by atoms with Crippen LogP contribution in [0.4, 0.5) is 14.5 Å². The summed E-state index contributed by atoms with van der Waals surface area (Å²) in [5, 5.41) is 11.3. The SMILES string of the molecule is Cc1ccc(C2C(C(=O)c3cc4ccccc4o3)=C(O)C(=O)N2c2ccc(F)cc2F)o1. The van der Waals surface area contributed by atoms with Crippen molar-refractivity contribution < 1.29 is 32.3 Å². The number of rotatable bonds is 4. The Hall–Kier alpha value is -4.20. The monoisotopic (exact) mass is 435 g/mol. The number of amides is 1. The summed E-state index contributed by atoms with van der Waals surface area (Å²) in [4.78, 5) is 27.3. The van der Waals surface area contributed by atoms with Crippen LogP contribution in [0.5, 0.6) is 0 Å². The molecule has 0 fully saturated rings. The quantitative estimate of drug-likeness (QED) is 0.434. The Morgan fingerprint density at radius 2 is 1.81 bits per heavy atom. The van der Waals surface area contributed by atoms with Gasteiger partial charge in [-0.05, 0) is 43.3 Å². The van der Waals surface area contributed by atoms with Crippen LogP contribution in [0.2, 0.25) is 0 Å². The predicted octanol–water partition coefficient (Wildman–Crippen LogP) is 5.40. The zero-order valence-electron chi connectivity index (χ0n) is 16.6. The number of aryl methyl sites for hydroxylation is 1. The van der Waals surface area contributed by atoms with Crippen LogP contribution >= 0.6 is 0 Å². The molecule has 32 heavy (non-hydrogen) atoms. The zero-order valence-corrected chi connectivity index (χ0v) is 16.6. The summed E-state index contributed by atoms with van der Waals surface area (Å²) in [6.45, 7) is 1.66. The van der Waals surface area contributed by atoms with Gasteiger partial charge in [0.1, 0.15) is 34.8 Å². The molecule has 4 aromatic rings. The highest BCUT2D eigenvalue weighted by Gasteiger charge is 2.47. The van der Waals surface area contributed by atoms with Gasteiger partial charge in [0.05, 0.1) is 11.3 Å². The Bertz CT molecular complexity index is 1400. The molecule has 1 N–H and O–H groups in total. The molecule has 2 aromatic carbocycles. The maximum absolute atomic E-state index is 14.6. The van der Waals surface area contributed by atoms with E-state index in [4.69, 9.17) is 8.83 Å². The van der Waals surface area contributed by atoms with Gasteiger partial charge in [0, 0.05) is 11.5 Å². The summed E-state index contributed by atoms with van der Waals surface area (Å²) in [5.74, 6) is -3.99. The number of ketones is 1. The molecule has 160 valence electrons. The number of halogens is 2. The molecule has 0 radical (unpaired) electrons. The number of aliphatic hydroxyl groups is 1. The Morgan fingerprint density at radius 1 is 1.03 bits per heavy atom. The normalized spacial score (nSPS) is 16.4. The molecule has 0 aliphatic carbocycles. The number of aliphatic hydroxyl groups excluding tert-OH is 1. The van der Waals surface area contributed by atoms with Crippen molar-refractivity contribution in [1.82, 2.24) is 0 Å². The van der Waals surface area contributed by atoms with E-state index in [0.29, 0.717) is 22.8 Å². The van der Waals surface area contributed by atoms with Crippen LogP contribution in [0.3, 0.4) is 0 Å². The van der Waals surface area contributed by atoms with Gasteiger partial charge in [0.15, 0.2) is 11.5 Å². The minimum atomic E-state index is -1.28. The molecule has 1 amide bonds. The van der Waals surface area contributed by atoms with Gasteiger partial charge in [-0.3, -0.25) is 14.5 Å². The van der Waals surface area contributed by atoms with Crippen molar-refractivity contribution in [2.24, 2.45) is 0 Å². The van der Waals surface area contributed by atoms with E-state index < -0.39 is 35.1 Å². The molecule has 1 aliphatic rings. The molecule has 8 heteroatoms. The van der Waals surface area contributed by atoms with E-state index in [1.54, 1.807) is 37.3 Å². The molecule has 0 saturated heterocycles. The first kappa shape index (κ1) is 19.7. The maximum atomic E-state index is 14.6. The molecule has 1 atom stereocenters. The largest absolute Gasteiger partial charge is 0.503 e. The Morgan fingerprint density at radius 3 is 2.50 bits per heavy atom. The minimum absolute atomic E-state index is 0.102. The van der Waals surface area contributed by atoms with Gasteiger partial charge >= 0.3 is 0 Å². The lowest BCUT2D eigenvalue weighted by molar-refractivity contribution is -0.117. The summed E-state index contributed by atoms with van der Waals surface area (Å²) in [5.41, 5.74) is -0.186. The highest BCUT2D eigenvalue weighted by atomic mass is 19.1. The van der Waals surface area contributed by atoms with Crippen molar-refractivity contribution in [3.05, 3.63) is 101 Å². The standard InChI is InChI=1S/C24H15F2NO5/c1-12-6-9-18(31-12)21-20(22(28)19-10-13-4-2-3-5-17(13)32-19)23(29)24(30)27(21)16-8-7-14(25)11-15(16)26/h2-11,21,29H,1H3. The average molecular weight is 435 g/mol. The lowest BCUT2D eigenvalue weighted by Crippen LogP contribution is -2.31. The van der Waals surface area contributed by atoms with Crippen LogP contribution in [0, 0.1) is 18.6 Å². The maximum Gasteiger partial charge on any atom is 0.294 e. The molecular formula is C24H15F2NO5. The summed E-state index contributed by atoms with van der Waals surface area (Å²) >= 11 is 0. The third-order valence-corrected chi connectivity index (χ3v) is 5.30. The van der Waals surface area contributed by atoms with E-state index in [2.05, 4.69) is 0 Å². The number of fused-ring (bicyclic) bond motifs is 1. The molecule has 3 heterocycles. The lowest BCUT2D eigenvalue weighted by Gasteiger charge is -2.25. The third kappa shape index (κ3) is 2.99. The molecule has 0 bridgehead atoms. The second kappa shape index (κ2) is 7.19. The van der Waals surface area contributed by atoms with Crippen LogP contribution < -0.4 is 4.90 Å². The van der Waals surface area contributed by atoms with E-state index in [-0.39, 0.29) is 22.8 Å². The van der Waals surface area contributed by atoms with Gasteiger partial charge < -0.3 is 13.9 Å². The number of nitrogens with zero attached hydrogens (tertiary/aromatic N) is 1. The molecule has 2 aromatic heterocycles. The van der Waals surface area contributed by atoms with Gasteiger partial charge in [0.2, 0.25) is 5.78 Å². The van der Waals surface area contributed by atoms with Crippen LogP contribution in [0.15, 0.2) is 80.8 Å². The van der Waals surface area contributed by atoms with E-state index in [0.717, 1.165) is 17.0 Å². The number of hydrogen-bond donors (Lipinski definition) is 1. The molecular weight excluding hydrogens is 420 g/mol. The van der Waals surface area contributed by atoms with E-state index in [9.17, 15) is 23.5 Å². The molecule has 0 spiro atoms. The highest BCUT2D eigenvalue weighted by molar-refractivity contribution is 6.20. The molecule has 1 aliphatic heterocycles. The number of carbonyl (C=O) groups excluding carboxylic acids is 2. The summed E-state index contributed by atoms with van der Waals surface area (Å²) < 4.78 is 39.3. The Kier molecular flexibility index (Phi) is 4.44. The topological polar surface area (TPSA) is 83.9 Å². The van der Waals surface area contributed by atoms with Gasteiger partial charge in [0.25, 0.3) is 5.91 Å². The first-order valence-electron chi connectivity index (χ1n) is 9.66. The number of benzene rings is 2. The number of furan rings is 2. The highest BCUT2D eigenvalue weighted by Crippen LogP contribution is 2.43. The molecule has 6 nitrogen and oxygen atoms in total. The van der Waals surface area contributed by atoms with Gasteiger partial charge in [-0.2, -0.15) is 0 Å². The zero-order chi connectivity index (χ0) is 22.6. The van der Waals surface area contributed by atoms with Crippen molar-refractivity contribution in [1.29, 1.82) is 0 Å². The minimum Gasteiger partial charge on any atom is -0.503 e. The number of carbonyl (C=O) groups is 2. The van der Waals surface area contributed by atoms with Crippen LogP contribution in [-0.2, 0) is 4.79 Å². The third-order valence-electron chi connectivity index (χ3n) is 5.30. The van der Waals surface area contributed by atoms with Crippen molar-refractivity contribution in [2.75, 3.05) is 4.90 Å². The van der Waals surface area contributed by atoms with E-state index >= 15 is 0 Å². The van der Waals surface area contributed by atoms with Crippen molar-refractivity contribution >= 4 is 28.3 Å². The van der Waals surface area contributed by atoms with Crippen molar-refractivity contribution in [3.63, 3.8) is 0 Å². The number of anilines is 1. The second-order valence-corrected chi connectivity index (χ2v) is 7.36. The lowest BCUT2D eigenvalue weighted by atomic mass is 9.99.